The van der Waals surface area contributed by atoms with Crippen LogP contribution in [-0.4, -0.2) is 35.8 Å². The van der Waals surface area contributed by atoms with Gasteiger partial charge in [0.1, 0.15) is 16.7 Å². The summed E-state index contributed by atoms with van der Waals surface area (Å²) < 4.78 is 25.0. The van der Waals surface area contributed by atoms with E-state index >= 15 is 0 Å². The predicted molar refractivity (Wildman–Crippen MR) is 138 cm³/mol. The maximum atomic E-state index is 14.3. The van der Waals surface area contributed by atoms with Crippen molar-refractivity contribution in [3.63, 3.8) is 0 Å². The topological polar surface area (TPSA) is 77.8 Å². The van der Waals surface area contributed by atoms with Crippen LogP contribution in [0.15, 0.2) is 70.2 Å². The zero-order valence-electron chi connectivity index (χ0n) is 20.6. The van der Waals surface area contributed by atoms with E-state index in [0.717, 1.165) is 11.1 Å². The molecule has 2 atom stereocenters. The van der Waals surface area contributed by atoms with Crippen LogP contribution in [0.5, 0.6) is 0 Å². The van der Waals surface area contributed by atoms with Crippen LogP contribution in [0, 0.1) is 11.7 Å². The first-order chi connectivity index (χ1) is 17.3. The van der Waals surface area contributed by atoms with Gasteiger partial charge in [-0.1, -0.05) is 30.3 Å². The summed E-state index contributed by atoms with van der Waals surface area (Å²) in [6.07, 6.45) is 0. The molecule has 6 nitrogen and oxygen atoms in total. The number of ether oxygens (including phenoxy) is 2. The third-order valence-electron chi connectivity index (χ3n) is 6.01. The Hall–Kier alpha value is -3.65. The highest BCUT2D eigenvalue weighted by Gasteiger charge is 2.42. The van der Waals surface area contributed by atoms with Gasteiger partial charge in [0.15, 0.2) is 0 Å². The highest BCUT2D eigenvalue weighted by Crippen LogP contribution is 2.41. The molecule has 8 heteroatoms. The van der Waals surface area contributed by atoms with Crippen molar-refractivity contribution in [2.24, 2.45) is 10.9 Å². The van der Waals surface area contributed by atoms with Gasteiger partial charge in [0, 0.05) is 33.8 Å². The Labute approximate surface area is 213 Å². The molecule has 1 aliphatic rings. The lowest BCUT2D eigenvalue weighted by Gasteiger charge is -2.31. The molecular weight excluding hydrogens is 479 g/mol. The quantitative estimate of drug-likeness (QED) is 0.357. The minimum Gasteiger partial charge on any atom is -0.465 e. The molecule has 0 aliphatic carbocycles. The predicted octanol–water partition coefficient (Wildman–Crippen LogP) is 6.19. The van der Waals surface area contributed by atoms with Crippen LogP contribution in [0.2, 0.25) is 0 Å². The number of aliphatic imine (C=N–C) groups is 1. The van der Waals surface area contributed by atoms with Gasteiger partial charge in [0.05, 0.1) is 24.5 Å². The van der Waals surface area contributed by atoms with E-state index in [4.69, 9.17) is 9.47 Å². The molecule has 1 aromatic heterocycles. The molecule has 0 radical (unpaired) electrons. The normalized spacial score (nSPS) is 17.5. The summed E-state index contributed by atoms with van der Waals surface area (Å²) >= 11 is 1.40. The Kier molecular flexibility index (Phi) is 7.74. The van der Waals surface area contributed by atoms with Crippen molar-refractivity contribution in [1.29, 1.82) is 0 Å². The van der Waals surface area contributed by atoms with E-state index < -0.39 is 23.8 Å². The smallest absolute Gasteiger partial charge is 0.336 e. The lowest BCUT2D eigenvalue weighted by atomic mass is 9.75. The van der Waals surface area contributed by atoms with Gasteiger partial charge >= 0.3 is 11.9 Å². The fourth-order valence-corrected chi connectivity index (χ4v) is 5.29. The lowest BCUT2D eigenvalue weighted by molar-refractivity contribution is -0.146. The van der Waals surface area contributed by atoms with E-state index in [-0.39, 0.29) is 19.0 Å². The number of allylic oxidation sites excluding steroid dienone is 1. The molecule has 0 spiro atoms. The molecule has 3 aromatic rings. The van der Waals surface area contributed by atoms with E-state index in [2.05, 4.69) is 9.98 Å². The van der Waals surface area contributed by atoms with Crippen LogP contribution in [0.4, 0.5) is 4.39 Å². The molecule has 0 N–H and O–H groups in total. The molecule has 0 amide bonds. The number of hydrogen-bond donors (Lipinski definition) is 0. The number of hydrogen-bond acceptors (Lipinski definition) is 7. The van der Waals surface area contributed by atoms with Gasteiger partial charge in [-0.2, -0.15) is 0 Å². The molecule has 0 bridgehead atoms. The third kappa shape index (κ3) is 4.99. The monoisotopic (exact) mass is 506 g/mol. The molecule has 36 heavy (non-hydrogen) atoms. The lowest BCUT2D eigenvalue weighted by Crippen LogP contribution is -2.36. The zero-order chi connectivity index (χ0) is 25.8. The van der Waals surface area contributed by atoms with Crippen molar-refractivity contribution in [1.82, 2.24) is 4.98 Å². The second kappa shape index (κ2) is 11.0. The van der Waals surface area contributed by atoms with Gasteiger partial charge in [0.2, 0.25) is 0 Å². The van der Waals surface area contributed by atoms with E-state index in [1.54, 1.807) is 45.9 Å². The molecule has 186 valence electrons. The van der Waals surface area contributed by atoms with Crippen LogP contribution in [0.3, 0.4) is 0 Å². The van der Waals surface area contributed by atoms with Gasteiger partial charge in [-0.25, -0.2) is 14.2 Å². The summed E-state index contributed by atoms with van der Waals surface area (Å²) in [5.74, 6) is -2.69. The molecule has 0 fully saturated rings. The first-order valence-electron chi connectivity index (χ1n) is 11.8. The second-order valence-electron chi connectivity index (χ2n) is 8.32. The molecule has 0 saturated heterocycles. The summed E-state index contributed by atoms with van der Waals surface area (Å²) in [5, 5.41) is 2.51. The minimum absolute atomic E-state index is 0.201. The molecule has 0 saturated carbocycles. The van der Waals surface area contributed by atoms with E-state index in [9.17, 15) is 14.0 Å². The number of nitrogens with zero attached hydrogens (tertiary/aromatic N) is 2. The summed E-state index contributed by atoms with van der Waals surface area (Å²) in [6, 6.07) is 14.0. The highest BCUT2D eigenvalue weighted by atomic mass is 32.1. The van der Waals surface area contributed by atoms with Crippen LogP contribution < -0.4 is 0 Å². The maximum absolute atomic E-state index is 14.3. The number of halogens is 1. The van der Waals surface area contributed by atoms with Crippen LogP contribution in [0.25, 0.3) is 21.8 Å². The number of benzene rings is 2. The molecule has 2 unspecified atom stereocenters. The van der Waals surface area contributed by atoms with E-state index in [1.165, 1.54) is 17.4 Å². The van der Waals surface area contributed by atoms with Gasteiger partial charge in [0.25, 0.3) is 0 Å². The van der Waals surface area contributed by atoms with Crippen LogP contribution >= 0.6 is 11.3 Å². The standard InChI is InChI=1S/C28H27FN2O4S/c1-5-34-27(32)23-16(3)30-17(4)24(28(33)35-6-2)25(23)18-10-9-11-19(14-18)26-31-22(15-36-26)20-12-7-8-13-21(20)29/h7-15,23,25H,5-6H2,1-4H3. The van der Waals surface area contributed by atoms with Crippen LogP contribution in [0.1, 0.15) is 39.2 Å². The number of thiazole rings is 1. The van der Waals surface area contributed by atoms with Crippen LogP contribution in [-0.2, 0) is 19.1 Å². The number of carbonyl (C=O) groups is 2. The maximum Gasteiger partial charge on any atom is 0.336 e. The van der Waals surface area contributed by atoms with Crippen molar-refractivity contribution >= 4 is 29.0 Å². The van der Waals surface area contributed by atoms with Crippen molar-refractivity contribution in [3.05, 3.63) is 76.6 Å². The third-order valence-corrected chi connectivity index (χ3v) is 6.90. The Morgan fingerprint density at radius 3 is 2.50 bits per heavy atom. The summed E-state index contributed by atoms with van der Waals surface area (Å²) in [6.45, 7) is 7.41. The first-order valence-corrected chi connectivity index (χ1v) is 12.6. The molecule has 1 aliphatic heterocycles. The summed E-state index contributed by atoms with van der Waals surface area (Å²) in [5.41, 5.74) is 3.94. The number of carbonyl (C=O) groups excluding carboxylic acids is 2. The highest BCUT2D eigenvalue weighted by molar-refractivity contribution is 7.13. The zero-order valence-corrected chi connectivity index (χ0v) is 21.4. The number of esters is 2. The van der Waals surface area contributed by atoms with Crippen molar-refractivity contribution in [3.8, 4) is 21.8 Å². The summed E-state index contributed by atoms with van der Waals surface area (Å²) in [4.78, 5) is 35.2. The number of rotatable bonds is 7. The minimum atomic E-state index is -0.770. The fraction of sp³-hybridized carbons (Fsp3) is 0.286. The second-order valence-corrected chi connectivity index (χ2v) is 9.18. The number of aromatic nitrogens is 1. The SMILES string of the molecule is CCOC(=O)C1=C(C)N=C(C)C(C(=O)OCC)C1c1cccc(-c2nc(-c3ccccc3F)cs2)c1. The fourth-order valence-electron chi connectivity index (χ4n) is 4.47. The molecular formula is C28H27FN2O4S. The average molecular weight is 507 g/mol. The Morgan fingerprint density at radius 1 is 1.03 bits per heavy atom. The van der Waals surface area contributed by atoms with Gasteiger partial charge in [-0.15, -0.1) is 11.3 Å². The average Bonchev–Trinajstić information content (AvgIpc) is 3.34. The van der Waals surface area contributed by atoms with Crippen molar-refractivity contribution < 1.29 is 23.5 Å². The molecule has 2 heterocycles. The van der Waals surface area contributed by atoms with Gasteiger partial charge in [-0.05, 0) is 51.5 Å². The van der Waals surface area contributed by atoms with E-state index in [0.29, 0.717) is 33.2 Å². The Bertz CT molecular complexity index is 1360. The van der Waals surface area contributed by atoms with E-state index in [1.807, 2.05) is 29.6 Å². The molecule has 4 rings (SSSR count). The first kappa shape index (κ1) is 25.4. The largest absolute Gasteiger partial charge is 0.465 e. The summed E-state index contributed by atoms with van der Waals surface area (Å²) in [7, 11) is 0. The van der Waals surface area contributed by atoms with Crippen molar-refractivity contribution in [2.45, 2.75) is 33.6 Å². The van der Waals surface area contributed by atoms with Crippen molar-refractivity contribution in [2.75, 3.05) is 13.2 Å². The van der Waals surface area contributed by atoms with Gasteiger partial charge in [-0.3, -0.25) is 9.79 Å². The Balaban J connectivity index is 1.79. The molecule has 2 aromatic carbocycles. The van der Waals surface area contributed by atoms with Gasteiger partial charge < -0.3 is 9.47 Å². The Morgan fingerprint density at radius 2 is 1.78 bits per heavy atom.